The van der Waals surface area contributed by atoms with Crippen molar-refractivity contribution in [3.8, 4) is 6.07 Å². The van der Waals surface area contributed by atoms with Crippen LogP contribution in [0.1, 0.15) is 32.6 Å². The Morgan fingerprint density at radius 1 is 1.56 bits per heavy atom. The maximum absolute atomic E-state index is 8.97. The SMILES string of the molecule is CCCN(CC1CC1)C1CC(C#N)=C(S)S1. The number of thioether (sulfide) groups is 1. The molecule has 2 aliphatic rings. The lowest BCUT2D eigenvalue weighted by Crippen LogP contribution is -2.34. The quantitative estimate of drug-likeness (QED) is 0.763. The zero-order valence-corrected chi connectivity index (χ0v) is 11.4. The van der Waals surface area contributed by atoms with Crippen LogP contribution in [0, 0.1) is 17.2 Å². The minimum atomic E-state index is 0.461. The van der Waals surface area contributed by atoms with Crippen molar-refractivity contribution in [1.82, 2.24) is 4.90 Å². The summed E-state index contributed by atoms with van der Waals surface area (Å²) in [7, 11) is 0. The van der Waals surface area contributed by atoms with Gasteiger partial charge in [-0.2, -0.15) is 5.26 Å². The molecular weight excluding hydrogens is 236 g/mol. The van der Waals surface area contributed by atoms with Crippen LogP contribution in [-0.4, -0.2) is 23.4 Å². The number of rotatable bonds is 5. The van der Waals surface area contributed by atoms with Crippen molar-refractivity contribution in [3.63, 3.8) is 0 Å². The first-order valence-corrected chi connectivity index (χ1v) is 7.30. The minimum absolute atomic E-state index is 0.461. The van der Waals surface area contributed by atoms with Crippen molar-refractivity contribution in [2.45, 2.75) is 38.0 Å². The molecule has 0 aromatic heterocycles. The third-order valence-corrected chi connectivity index (χ3v) is 4.92. The average Bonchev–Trinajstić information content (AvgIpc) is 3.00. The van der Waals surface area contributed by atoms with Gasteiger partial charge in [-0.15, -0.1) is 12.6 Å². The maximum Gasteiger partial charge on any atom is 0.0965 e. The smallest absolute Gasteiger partial charge is 0.0965 e. The van der Waals surface area contributed by atoms with E-state index in [2.05, 4.69) is 30.5 Å². The third kappa shape index (κ3) is 2.97. The summed E-state index contributed by atoms with van der Waals surface area (Å²) >= 11 is 6.15. The second-order valence-corrected chi connectivity index (χ2v) is 6.55. The molecular formula is C12H18N2S2. The highest BCUT2D eigenvalue weighted by Gasteiger charge is 2.32. The van der Waals surface area contributed by atoms with Crippen LogP contribution in [-0.2, 0) is 0 Å². The Morgan fingerprint density at radius 3 is 2.81 bits per heavy atom. The monoisotopic (exact) mass is 254 g/mol. The second kappa shape index (κ2) is 5.48. The molecule has 1 saturated carbocycles. The van der Waals surface area contributed by atoms with Gasteiger partial charge < -0.3 is 0 Å². The van der Waals surface area contributed by atoms with Crippen molar-refractivity contribution >= 4 is 24.4 Å². The van der Waals surface area contributed by atoms with Crippen LogP contribution in [0.3, 0.4) is 0 Å². The van der Waals surface area contributed by atoms with Crippen LogP contribution >= 0.6 is 24.4 Å². The van der Waals surface area contributed by atoms with Crippen molar-refractivity contribution in [2.75, 3.05) is 13.1 Å². The number of thiol groups is 1. The summed E-state index contributed by atoms with van der Waals surface area (Å²) in [5.74, 6) is 0.918. The fraction of sp³-hybridized carbons (Fsp3) is 0.750. The molecule has 2 rings (SSSR count). The van der Waals surface area contributed by atoms with Crippen molar-refractivity contribution in [1.29, 1.82) is 5.26 Å². The maximum atomic E-state index is 8.97. The second-order valence-electron chi connectivity index (χ2n) is 4.61. The lowest BCUT2D eigenvalue weighted by molar-refractivity contribution is 0.247. The van der Waals surface area contributed by atoms with Crippen LogP contribution in [0.15, 0.2) is 9.81 Å². The summed E-state index contributed by atoms with van der Waals surface area (Å²) in [4.78, 5) is 2.54. The van der Waals surface area contributed by atoms with Gasteiger partial charge in [0.2, 0.25) is 0 Å². The number of nitriles is 1. The third-order valence-electron chi connectivity index (χ3n) is 3.13. The largest absolute Gasteiger partial charge is 0.291 e. The van der Waals surface area contributed by atoms with E-state index in [-0.39, 0.29) is 0 Å². The van der Waals surface area contributed by atoms with E-state index in [4.69, 9.17) is 5.26 Å². The molecule has 16 heavy (non-hydrogen) atoms. The molecule has 1 unspecified atom stereocenters. The van der Waals surface area contributed by atoms with Gasteiger partial charge in [-0.1, -0.05) is 18.7 Å². The summed E-state index contributed by atoms with van der Waals surface area (Å²) < 4.78 is 0.935. The molecule has 0 radical (unpaired) electrons. The number of hydrogen-bond acceptors (Lipinski definition) is 4. The van der Waals surface area contributed by atoms with Gasteiger partial charge in [-0.25, -0.2) is 0 Å². The molecule has 2 nitrogen and oxygen atoms in total. The molecule has 0 saturated heterocycles. The zero-order chi connectivity index (χ0) is 11.5. The number of nitrogens with zero attached hydrogens (tertiary/aromatic N) is 2. The van der Waals surface area contributed by atoms with E-state index in [0.29, 0.717) is 5.37 Å². The Bertz CT molecular complexity index is 328. The fourth-order valence-corrected chi connectivity index (χ4v) is 3.70. The number of hydrogen-bond donors (Lipinski definition) is 1. The molecule has 0 spiro atoms. The summed E-state index contributed by atoms with van der Waals surface area (Å²) in [6.07, 6.45) is 4.86. The minimum Gasteiger partial charge on any atom is -0.291 e. The van der Waals surface area contributed by atoms with Gasteiger partial charge in [0.1, 0.15) is 0 Å². The van der Waals surface area contributed by atoms with Gasteiger partial charge in [0, 0.05) is 13.0 Å². The van der Waals surface area contributed by atoms with E-state index in [1.807, 2.05) is 0 Å². The summed E-state index contributed by atoms with van der Waals surface area (Å²) in [5.41, 5.74) is 0.871. The molecule has 1 atom stereocenters. The fourth-order valence-electron chi connectivity index (χ4n) is 2.07. The summed E-state index contributed by atoms with van der Waals surface area (Å²) in [5, 5.41) is 9.43. The van der Waals surface area contributed by atoms with Crippen LogP contribution in [0.25, 0.3) is 0 Å². The summed E-state index contributed by atoms with van der Waals surface area (Å²) in [6, 6.07) is 2.27. The van der Waals surface area contributed by atoms with Crippen LogP contribution in [0.2, 0.25) is 0 Å². The van der Waals surface area contributed by atoms with Gasteiger partial charge >= 0.3 is 0 Å². The molecule has 0 amide bonds. The zero-order valence-electron chi connectivity index (χ0n) is 9.65. The average molecular weight is 254 g/mol. The normalized spacial score (nSPS) is 25.2. The van der Waals surface area contributed by atoms with E-state index in [9.17, 15) is 0 Å². The van der Waals surface area contributed by atoms with E-state index < -0.39 is 0 Å². The molecule has 1 heterocycles. The Labute approximate surface area is 107 Å². The summed E-state index contributed by atoms with van der Waals surface area (Å²) in [6.45, 7) is 4.58. The highest BCUT2D eigenvalue weighted by Crippen LogP contribution is 2.42. The highest BCUT2D eigenvalue weighted by molar-refractivity contribution is 8.16. The van der Waals surface area contributed by atoms with Gasteiger partial charge in [-0.3, -0.25) is 4.90 Å². The molecule has 0 aromatic rings. The predicted molar refractivity (Wildman–Crippen MR) is 72.2 cm³/mol. The molecule has 4 heteroatoms. The molecule has 1 fully saturated rings. The van der Waals surface area contributed by atoms with Gasteiger partial charge in [0.15, 0.2) is 0 Å². The Morgan fingerprint density at radius 2 is 2.31 bits per heavy atom. The lowest BCUT2D eigenvalue weighted by Gasteiger charge is -2.27. The van der Waals surface area contributed by atoms with Gasteiger partial charge in [0.05, 0.1) is 21.3 Å². The molecule has 1 aliphatic heterocycles. The van der Waals surface area contributed by atoms with Crippen LogP contribution in [0.5, 0.6) is 0 Å². The predicted octanol–water partition coefficient (Wildman–Crippen LogP) is 3.24. The van der Waals surface area contributed by atoms with E-state index in [0.717, 1.165) is 28.7 Å². The van der Waals surface area contributed by atoms with E-state index in [1.165, 1.54) is 25.8 Å². The van der Waals surface area contributed by atoms with Crippen LogP contribution in [0.4, 0.5) is 0 Å². The molecule has 0 bridgehead atoms. The van der Waals surface area contributed by atoms with Crippen molar-refractivity contribution < 1.29 is 0 Å². The first-order chi connectivity index (χ1) is 7.74. The first kappa shape index (κ1) is 12.3. The Hall–Kier alpha value is -0.110. The molecule has 0 N–H and O–H groups in total. The lowest BCUT2D eigenvalue weighted by atomic mass is 10.2. The molecule has 0 aromatic carbocycles. The molecule has 1 aliphatic carbocycles. The van der Waals surface area contributed by atoms with E-state index >= 15 is 0 Å². The Kier molecular flexibility index (Phi) is 4.23. The molecule has 88 valence electrons. The Balaban J connectivity index is 1.92. The van der Waals surface area contributed by atoms with Crippen molar-refractivity contribution in [2.24, 2.45) is 5.92 Å². The first-order valence-electron chi connectivity index (χ1n) is 5.97. The van der Waals surface area contributed by atoms with Gasteiger partial charge in [0.25, 0.3) is 0 Å². The van der Waals surface area contributed by atoms with Crippen molar-refractivity contribution in [3.05, 3.63) is 9.81 Å². The van der Waals surface area contributed by atoms with Crippen LogP contribution < -0.4 is 0 Å². The topological polar surface area (TPSA) is 27.0 Å². The standard InChI is InChI=1S/C12H18N2S2/c1-2-5-14(8-9-3-4-9)11-6-10(7-13)12(15)16-11/h9,11,15H,2-6,8H2,1H3. The van der Waals surface area contributed by atoms with Gasteiger partial charge in [-0.05, 0) is 31.7 Å². The highest BCUT2D eigenvalue weighted by atomic mass is 32.2. The van der Waals surface area contributed by atoms with E-state index in [1.54, 1.807) is 11.8 Å².